The quantitative estimate of drug-likeness (QED) is 0.769. The van der Waals surface area contributed by atoms with E-state index in [9.17, 15) is 4.79 Å². The van der Waals surface area contributed by atoms with E-state index in [-0.39, 0.29) is 17.2 Å². The zero-order valence-electron chi connectivity index (χ0n) is 15.7. The molecule has 1 aromatic carbocycles. The number of rotatable bonds is 8. The molecule has 2 rings (SSSR count). The molecule has 4 heteroatoms. The third-order valence-corrected chi connectivity index (χ3v) is 4.86. The molecule has 4 nitrogen and oxygen atoms in total. The highest BCUT2D eigenvalue weighted by atomic mass is 16.5. The van der Waals surface area contributed by atoms with Gasteiger partial charge in [0.05, 0.1) is 6.61 Å². The minimum atomic E-state index is -0.107. The van der Waals surface area contributed by atoms with Crippen LogP contribution in [0.15, 0.2) is 24.3 Å². The van der Waals surface area contributed by atoms with Crippen molar-refractivity contribution in [2.24, 2.45) is 17.8 Å². The Bertz CT molecular complexity index is 533. The average Bonchev–Trinajstić information content (AvgIpc) is 2.49. The van der Waals surface area contributed by atoms with E-state index in [2.05, 4.69) is 50.5 Å². The summed E-state index contributed by atoms with van der Waals surface area (Å²) in [6.07, 6.45) is 0. The van der Waals surface area contributed by atoms with E-state index < -0.39 is 0 Å². The summed E-state index contributed by atoms with van der Waals surface area (Å²) in [5.74, 6) is 2.13. The largest absolute Gasteiger partial charge is 0.493 e. The molecule has 0 radical (unpaired) electrons. The Kier molecular flexibility index (Phi) is 6.27. The van der Waals surface area contributed by atoms with Gasteiger partial charge in [0, 0.05) is 17.9 Å². The fraction of sp³-hybridized carbons (Fsp3) is 0.650. The molecular weight excluding hydrogens is 300 g/mol. The Morgan fingerprint density at radius 1 is 1.25 bits per heavy atom. The summed E-state index contributed by atoms with van der Waals surface area (Å²) >= 11 is 0. The highest BCUT2D eigenvalue weighted by Gasteiger charge is 2.30. The Morgan fingerprint density at radius 2 is 1.88 bits per heavy atom. The second-order valence-corrected chi connectivity index (χ2v) is 8.04. The lowest BCUT2D eigenvalue weighted by Crippen LogP contribution is -2.50. The first-order chi connectivity index (χ1) is 11.3. The summed E-state index contributed by atoms with van der Waals surface area (Å²) in [6.45, 7) is 13.9. The highest BCUT2D eigenvalue weighted by Crippen LogP contribution is 2.25. The predicted octanol–water partition coefficient (Wildman–Crippen LogP) is 2.97. The second kappa shape index (κ2) is 8.02. The molecule has 1 atom stereocenters. The molecule has 1 aromatic rings. The van der Waals surface area contributed by atoms with Gasteiger partial charge in [-0.05, 0) is 42.6 Å². The van der Waals surface area contributed by atoms with Gasteiger partial charge in [0.2, 0.25) is 5.91 Å². The lowest BCUT2D eigenvalue weighted by atomic mass is 9.83. The van der Waals surface area contributed by atoms with Crippen molar-refractivity contribution < 1.29 is 9.53 Å². The Labute approximate surface area is 146 Å². The molecule has 2 N–H and O–H groups in total. The number of nitrogens with one attached hydrogen (secondary N) is 2. The predicted molar refractivity (Wildman–Crippen MR) is 98.3 cm³/mol. The number of amides is 1. The van der Waals surface area contributed by atoms with Crippen molar-refractivity contribution in [3.8, 4) is 5.75 Å². The first kappa shape index (κ1) is 18.8. The van der Waals surface area contributed by atoms with Crippen molar-refractivity contribution in [2.75, 3.05) is 26.2 Å². The van der Waals surface area contributed by atoms with Gasteiger partial charge in [-0.1, -0.05) is 46.8 Å². The van der Waals surface area contributed by atoms with Crippen LogP contribution >= 0.6 is 0 Å². The summed E-state index contributed by atoms with van der Waals surface area (Å²) in [5, 5.41) is 6.35. The monoisotopic (exact) mass is 332 g/mol. The summed E-state index contributed by atoms with van der Waals surface area (Å²) in [5.41, 5.74) is 1.10. The van der Waals surface area contributed by atoms with Crippen molar-refractivity contribution >= 4 is 5.91 Å². The molecular formula is C20H32N2O2. The fourth-order valence-corrected chi connectivity index (χ4v) is 2.72. The van der Waals surface area contributed by atoms with E-state index in [1.165, 1.54) is 5.56 Å². The third-order valence-electron chi connectivity index (χ3n) is 4.86. The van der Waals surface area contributed by atoms with Crippen molar-refractivity contribution in [3.63, 3.8) is 0 Å². The van der Waals surface area contributed by atoms with Crippen LogP contribution in [0, 0.1) is 17.8 Å². The lowest BCUT2D eigenvalue weighted by molar-refractivity contribution is -0.126. The van der Waals surface area contributed by atoms with Gasteiger partial charge in [-0.3, -0.25) is 4.79 Å². The molecule has 0 aliphatic carbocycles. The van der Waals surface area contributed by atoms with E-state index in [0.717, 1.165) is 25.4 Å². The van der Waals surface area contributed by atoms with Crippen LogP contribution < -0.4 is 15.4 Å². The first-order valence-corrected chi connectivity index (χ1v) is 9.01. The fourth-order valence-electron chi connectivity index (χ4n) is 2.72. The maximum atomic E-state index is 12.3. The molecule has 0 saturated carbocycles. The highest BCUT2D eigenvalue weighted by molar-refractivity contribution is 5.78. The second-order valence-electron chi connectivity index (χ2n) is 8.04. The SMILES string of the molecule is CC(C)COc1ccc(C(C)(C)CNC(=O)C(C)C2CNC2)cc1. The molecule has 134 valence electrons. The van der Waals surface area contributed by atoms with Crippen molar-refractivity contribution in [2.45, 2.75) is 40.0 Å². The van der Waals surface area contributed by atoms with Gasteiger partial charge in [-0.25, -0.2) is 0 Å². The van der Waals surface area contributed by atoms with E-state index in [1.807, 2.05) is 19.1 Å². The molecule has 24 heavy (non-hydrogen) atoms. The molecule has 1 unspecified atom stereocenters. The van der Waals surface area contributed by atoms with Crippen LogP contribution in [0.3, 0.4) is 0 Å². The summed E-state index contributed by atoms with van der Waals surface area (Å²) in [6, 6.07) is 8.23. The van der Waals surface area contributed by atoms with E-state index >= 15 is 0 Å². The minimum absolute atomic E-state index is 0.0776. The average molecular weight is 332 g/mol. The molecule has 0 spiro atoms. The van der Waals surface area contributed by atoms with Gasteiger partial charge in [0.25, 0.3) is 0 Å². The molecule has 1 amide bonds. The van der Waals surface area contributed by atoms with Gasteiger partial charge >= 0.3 is 0 Å². The molecule has 0 bridgehead atoms. The topological polar surface area (TPSA) is 50.4 Å². The van der Waals surface area contributed by atoms with Crippen LogP contribution in [-0.4, -0.2) is 32.1 Å². The molecule has 1 fully saturated rings. The number of carbonyl (C=O) groups is 1. The Morgan fingerprint density at radius 3 is 2.38 bits per heavy atom. The van der Waals surface area contributed by atoms with E-state index in [4.69, 9.17) is 4.74 Å². The lowest BCUT2D eigenvalue weighted by Gasteiger charge is -2.33. The molecule has 0 aromatic heterocycles. The molecule has 1 saturated heterocycles. The van der Waals surface area contributed by atoms with E-state index in [0.29, 0.717) is 18.4 Å². The van der Waals surface area contributed by atoms with Crippen LogP contribution in [0.25, 0.3) is 0 Å². The Balaban J connectivity index is 1.88. The van der Waals surface area contributed by atoms with Gasteiger partial charge in [0.1, 0.15) is 5.75 Å². The molecule has 1 heterocycles. The van der Waals surface area contributed by atoms with Crippen LogP contribution in [0.5, 0.6) is 5.75 Å². The smallest absolute Gasteiger partial charge is 0.223 e. The van der Waals surface area contributed by atoms with Gasteiger partial charge < -0.3 is 15.4 Å². The number of ether oxygens (including phenoxy) is 1. The number of hydrogen-bond acceptors (Lipinski definition) is 3. The van der Waals surface area contributed by atoms with E-state index in [1.54, 1.807) is 0 Å². The van der Waals surface area contributed by atoms with Crippen molar-refractivity contribution in [1.29, 1.82) is 0 Å². The normalized spacial score (nSPS) is 16.6. The summed E-state index contributed by atoms with van der Waals surface area (Å²) in [4.78, 5) is 12.3. The maximum absolute atomic E-state index is 12.3. The zero-order valence-corrected chi connectivity index (χ0v) is 15.7. The van der Waals surface area contributed by atoms with Gasteiger partial charge in [0.15, 0.2) is 0 Å². The van der Waals surface area contributed by atoms with Crippen LogP contribution in [0.4, 0.5) is 0 Å². The third kappa shape index (κ3) is 4.97. The zero-order chi connectivity index (χ0) is 17.7. The van der Waals surface area contributed by atoms with Crippen molar-refractivity contribution in [1.82, 2.24) is 10.6 Å². The number of carbonyl (C=O) groups excluding carboxylic acids is 1. The molecule has 1 aliphatic rings. The van der Waals surface area contributed by atoms with Crippen LogP contribution in [0.2, 0.25) is 0 Å². The van der Waals surface area contributed by atoms with Crippen LogP contribution in [-0.2, 0) is 10.2 Å². The summed E-state index contributed by atoms with van der Waals surface area (Å²) < 4.78 is 5.73. The minimum Gasteiger partial charge on any atom is -0.493 e. The van der Waals surface area contributed by atoms with Crippen LogP contribution in [0.1, 0.15) is 40.2 Å². The maximum Gasteiger partial charge on any atom is 0.223 e. The number of hydrogen-bond donors (Lipinski definition) is 2. The molecule has 1 aliphatic heterocycles. The number of benzene rings is 1. The van der Waals surface area contributed by atoms with Crippen molar-refractivity contribution in [3.05, 3.63) is 29.8 Å². The Hall–Kier alpha value is -1.55. The first-order valence-electron chi connectivity index (χ1n) is 9.01. The van der Waals surface area contributed by atoms with Gasteiger partial charge in [-0.2, -0.15) is 0 Å². The standard InChI is InChI=1S/C20H32N2O2/c1-14(2)12-24-18-8-6-17(7-9-18)20(4,5)13-22-19(23)15(3)16-10-21-11-16/h6-9,14-16,21H,10-13H2,1-5H3,(H,22,23). The summed E-state index contributed by atoms with van der Waals surface area (Å²) in [7, 11) is 0. The van der Waals surface area contributed by atoms with Gasteiger partial charge in [-0.15, -0.1) is 0 Å².